The molecule has 0 bridgehead atoms. The molecule has 2 N–H and O–H groups in total. The summed E-state index contributed by atoms with van der Waals surface area (Å²) in [5.74, 6) is 0.919. The highest BCUT2D eigenvalue weighted by Gasteiger charge is 2.54. The highest BCUT2D eigenvalue weighted by molar-refractivity contribution is 6.31. The fraction of sp³-hybridized carbons (Fsp3) is 0.485. The molecule has 43 heavy (non-hydrogen) atoms. The smallest absolute Gasteiger partial charge is 0.248 e. The first kappa shape index (κ1) is 28.5. The maximum Gasteiger partial charge on any atom is 0.248 e. The topological polar surface area (TPSA) is 82.6 Å². The first-order valence-corrected chi connectivity index (χ1v) is 15.7. The number of nitrogens with one attached hydrogen (secondary N) is 2. The van der Waals surface area contributed by atoms with E-state index in [9.17, 15) is 9.18 Å². The molecule has 7 rings (SSSR count). The third kappa shape index (κ3) is 5.95. The van der Waals surface area contributed by atoms with Crippen molar-refractivity contribution < 1.29 is 13.9 Å². The van der Waals surface area contributed by atoms with E-state index in [1.54, 1.807) is 12.1 Å². The van der Waals surface area contributed by atoms with Crippen LogP contribution in [0.1, 0.15) is 38.5 Å². The lowest BCUT2D eigenvalue weighted by Crippen LogP contribution is -2.59. The molecule has 8 nitrogen and oxygen atoms in total. The van der Waals surface area contributed by atoms with Crippen molar-refractivity contribution in [3.05, 3.63) is 59.7 Å². The average molecular weight is 605 g/mol. The number of ether oxygens (including phenoxy) is 1. The summed E-state index contributed by atoms with van der Waals surface area (Å²) < 4.78 is 20.2. The summed E-state index contributed by atoms with van der Waals surface area (Å²) in [6.07, 6.45) is 12.6. The molecule has 1 atom stereocenters. The summed E-state index contributed by atoms with van der Waals surface area (Å²) in [5, 5.41) is 6.97. The molecule has 2 saturated carbocycles. The predicted molar refractivity (Wildman–Crippen MR) is 167 cm³/mol. The molecule has 4 aliphatic rings. The Hall–Kier alpha value is -3.27. The van der Waals surface area contributed by atoms with E-state index in [4.69, 9.17) is 16.3 Å². The second-order valence-corrected chi connectivity index (χ2v) is 13.5. The summed E-state index contributed by atoms with van der Waals surface area (Å²) in [6.45, 7) is 5.91. The van der Waals surface area contributed by atoms with Crippen molar-refractivity contribution in [1.82, 2.24) is 19.8 Å². The highest BCUT2D eigenvalue weighted by Crippen LogP contribution is 2.59. The van der Waals surface area contributed by atoms with Gasteiger partial charge in [0.15, 0.2) is 0 Å². The van der Waals surface area contributed by atoms with Crippen molar-refractivity contribution in [3.63, 3.8) is 0 Å². The molecule has 2 aliphatic carbocycles. The van der Waals surface area contributed by atoms with Crippen molar-refractivity contribution in [3.8, 4) is 5.75 Å². The number of rotatable bonds is 9. The van der Waals surface area contributed by atoms with Gasteiger partial charge in [-0.2, -0.15) is 0 Å². The Morgan fingerprint density at radius 3 is 2.72 bits per heavy atom. The summed E-state index contributed by atoms with van der Waals surface area (Å²) in [5.41, 5.74) is 2.77. The predicted octanol–water partition coefficient (Wildman–Crippen LogP) is 6.26. The van der Waals surface area contributed by atoms with Crippen LogP contribution in [0.15, 0.2) is 48.8 Å². The van der Waals surface area contributed by atoms with Crippen molar-refractivity contribution >= 4 is 45.6 Å². The SMILES string of the molecule is CN1CCC2(CC1)CC2COc1cc2ncnc(Nc3ccc(F)c(Cl)c3)c2cc1NC(=O)/C=C/CN1CC2(CCC2)C1. The van der Waals surface area contributed by atoms with Crippen molar-refractivity contribution in [2.45, 2.75) is 38.5 Å². The molecular weight excluding hydrogens is 567 g/mol. The fourth-order valence-corrected chi connectivity index (χ4v) is 7.33. The summed E-state index contributed by atoms with van der Waals surface area (Å²) in [7, 11) is 2.18. The van der Waals surface area contributed by atoms with Gasteiger partial charge in [-0.3, -0.25) is 9.69 Å². The van der Waals surface area contributed by atoms with Crippen LogP contribution in [0.5, 0.6) is 5.75 Å². The zero-order chi connectivity index (χ0) is 29.6. The maximum absolute atomic E-state index is 13.7. The summed E-state index contributed by atoms with van der Waals surface area (Å²) in [6, 6.07) is 8.12. The molecule has 1 aromatic heterocycles. The minimum atomic E-state index is -0.492. The lowest BCUT2D eigenvalue weighted by molar-refractivity contribution is -0.112. The van der Waals surface area contributed by atoms with Crippen molar-refractivity contribution in [2.75, 3.05) is 57.0 Å². The van der Waals surface area contributed by atoms with Gasteiger partial charge < -0.3 is 20.3 Å². The summed E-state index contributed by atoms with van der Waals surface area (Å²) >= 11 is 6.00. The number of hydrogen-bond donors (Lipinski definition) is 2. The van der Waals surface area contributed by atoms with Crippen LogP contribution in [0.2, 0.25) is 5.02 Å². The van der Waals surface area contributed by atoms with E-state index in [0.29, 0.717) is 57.2 Å². The fourth-order valence-electron chi connectivity index (χ4n) is 7.15. The van der Waals surface area contributed by atoms with E-state index in [1.165, 1.54) is 57.0 Å². The van der Waals surface area contributed by atoms with Crippen LogP contribution >= 0.6 is 11.6 Å². The lowest BCUT2D eigenvalue weighted by atomic mass is 9.63. The van der Waals surface area contributed by atoms with Crippen LogP contribution in [-0.4, -0.2) is 72.1 Å². The van der Waals surface area contributed by atoms with Crippen molar-refractivity contribution in [1.29, 1.82) is 0 Å². The number of likely N-dealkylation sites (tertiary alicyclic amines) is 2. The minimum Gasteiger partial charge on any atom is -0.491 e. The molecular formula is C33H38ClFN6O2. The van der Waals surface area contributed by atoms with Gasteiger partial charge in [-0.1, -0.05) is 24.1 Å². The molecule has 2 spiro atoms. The molecule has 226 valence electrons. The second kappa shape index (κ2) is 11.3. The average Bonchev–Trinajstić information content (AvgIpc) is 3.63. The number of anilines is 3. The molecule has 3 heterocycles. The van der Waals surface area contributed by atoms with Crippen LogP contribution in [0.25, 0.3) is 10.9 Å². The van der Waals surface area contributed by atoms with E-state index in [-0.39, 0.29) is 10.9 Å². The first-order valence-electron chi connectivity index (χ1n) is 15.3. The Kier molecular flexibility index (Phi) is 7.51. The monoisotopic (exact) mass is 604 g/mol. The number of aromatic nitrogens is 2. The third-order valence-corrected chi connectivity index (χ3v) is 10.4. The van der Waals surface area contributed by atoms with Gasteiger partial charge in [0.25, 0.3) is 0 Å². The molecule has 2 aromatic carbocycles. The zero-order valence-corrected chi connectivity index (χ0v) is 25.3. The normalized spacial score (nSPS) is 22.4. The standard InChI is InChI=1S/C33H38ClFN6O2/c1-40-12-9-33(10-13-40)17-22(33)18-43-29-16-27-24(31(37-21-36-27)38-23-5-6-26(35)25(34)14-23)15-28(29)39-30(42)4-2-11-41-19-32(20-41)7-3-8-32/h2,4-6,14-16,21-22H,3,7-13,17-20H2,1H3,(H,39,42)(H,36,37,38)/b4-2+. The maximum atomic E-state index is 13.7. The number of benzene rings is 2. The Balaban J connectivity index is 1.09. The van der Waals surface area contributed by atoms with E-state index in [0.717, 1.165) is 32.7 Å². The Morgan fingerprint density at radius 2 is 1.98 bits per heavy atom. The zero-order valence-electron chi connectivity index (χ0n) is 24.5. The molecule has 1 unspecified atom stereocenters. The lowest BCUT2D eigenvalue weighted by Gasteiger charge is -2.56. The van der Waals surface area contributed by atoms with E-state index in [1.807, 2.05) is 18.2 Å². The van der Waals surface area contributed by atoms with Gasteiger partial charge in [-0.15, -0.1) is 0 Å². The Labute approximate surface area is 256 Å². The number of nitrogens with zero attached hydrogens (tertiary/aromatic N) is 4. The number of carbonyl (C=O) groups is 1. The third-order valence-electron chi connectivity index (χ3n) is 10.1. The van der Waals surface area contributed by atoms with Crippen LogP contribution in [-0.2, 0) is 4.79 Å². The largest absolute Gasteiger partial charge is 0.491 e. The molecule has 1 amide bonds. The van der Waals surface area contributed by atoms with Crippen LogP contribution in [0.4, 0.5) is 21.6 Å². The number of hydrogen-bond acceptors (Lipinski definition) is 7. The molecule has 4 fully saturated rings. The molecule has 2 saturated heterocycles. The number of carbonyl (C=O) groups excluding carboxylic acids is 1. The van der Waals surface area contributed by atoms with Gasteiger partial charge in [0.1, 0.15) is 23.7 Å². The molecule has 2 aliphatic heterocycles. The van der Waals surface area contributed by atoms with Crippen LogP contribution in [0, 0.1) is 22.6 Å². The Morgan fingerprint density at radius 1 is 1.16 bits per heavy atom. The number of halogens is 2. The van der Waals surface area contributed by atoms with Crippen LogP contribution in [0.3, 0.4) is 0 Å². The molecule has 10 heteroatoms. The number of piperidine rings is 1. The van der Waals surface area contributed by atoms with E-state index in [2.05, 4.69) is 37.4 Å². The van der Waals surface area contributed by atoms with Crippen molar-refractivity contribution in [2.24, 2.45) is 16.7 Å². The highest BCUT2D eigenvalue weighted by atomic mass is 35.5. The quantitative estimate of drug-likeness (QED) is 0.279. The second-order valence-electron chi connectivity index (χ2n) is 13.1. The van der Waals surface area contributed by atoms with E-state index >= 15 is 0 Å². The van der Waals surface area contributed by atoms with Gasteiger partial charge in [0, 0.05) is 42.9 Å². The number of amides is 1. The number of fused-ring (bicyclic) bond motifs is 1. The molecule has 3 aromatic rings. The first-order chi connectivity index (χ1) is 20.8. The Bertz CT molecular complexity index is 1560. The van der Waals surface area contributed by atoms with Gasteiger partial charge in [-0.05, 0) is 93.3 Å². The van der Waals surface area contributed by atoms with Gasteiger partial charge in [0.2, 0.25) is 5.91 Å². The van der Waals surface area contributed by atoms with Gasteiger partial charge in [-0.25, -0.2) is 14.4 Å². The van der Waals surface area contributed by atoms with Gasteiger partial charge >= 0.3 is 0 Å². The summed E-state index contributed by atoms with van der Waals surface area (Å²) in [4.78, 5) is 26.8. The molecule has 0 radical (unpaired) electrons. The van der Waals surface area contributed by atoms with E-state index < -0.39 is 5.82 Å². The minimum absolute atomic E-state index is 0.0160. The van der Waals surface area contributed by atoms with Crippen LogP contribution < -0.4 is 15.4 Å². The van der Waals surface area contributed by atoms with Gasteiger partial charge in [0.05, 0.1) is 22.8 Å².